The van der Waals surface area contributed by atoms with Gasteiger partial charge in [-0.25, -0.2) is 0 Å². The number of piperazine rings is 1. The van der Waals surface area contributed by atoms with E-state index in [0.717, 1.165) is 45.0 Å². The van der Waals surface area contributed by atoms with Crippen molar-refractivity contribution in [1.82, 2.24) is 10.2 Å². The number of carbonyl (C=O) groups excluding carboxylic acids is 1. The average molecular weight is 295 g/mol. The van der Waals surface area contributed by atoms with Gasteiger partial charge in [0.25, 0.3) is 5.91 Å². The van der Waals surface area contributed by atoms with E-state index in [4.69, 9.17) is 17.3 Å². The fraction of sp³-hybridized carbons (Fsp3) is 0.500. The average Bonchev–Trinajstić information content (AvgIpc) is 2.37. The number of carbonyl (C=O) groups is 1. The number of benzene rings is 1. The number of nitrogens with two attached hydrogens (primary N) is 1. The molecule has 0 spiro atoms. The Kier molecular flexibility index (Phi) is 3.83. The van der Waals surface area contributed by atoms with E-state index < -0.39 is 5.91 Å². The molecule has 0 bridgehead atoms. The van der Waals surface area contributed by atoms with Gasteiger partial charge in [0, 0.05) is 45.3 Å². The van der Waals surface area contributed by atoms with Crippen molar-refractivity contribution in [1.29, 1.82) is 0 Å². The second kappa shape index (κ2) is 5.60. The van der Waals surface area contributed by atoms with Gasteiger partial charge in [0.05, 0.1) is 16.3 Å². The molecule has 1 aromatic rings. The van der Waals surface area contributed by atoms with Crippen LogP contribution in [-0.2, 0) is 0 Å². The van der Waals surface area contributed by atoms with E-state index in [0.29, 0.717) is 16.6 Å². The lowest BCUT2D eigenvalue weighted by Gasteiger charge is -2.44. The molecule has 0 aliphatic carbocycles. The smallest absolute Gasteiger partial charge is 0.252 e. The zero-order valence-corrected chi connectivity index (χ0v) is 12.1. The summed E-state index contributed by atoms with van der Waals surface area (Å²) in [5, 5.41) is 3.73. The van der Waals surface area contributed by atoms with Crippen LogP contribution in [0.2, 0.25) is 5.02 Å². The molecule has 0 unspecified atom stereocenters. The molecular weight excluding hydrogens is 276 g/mol. The van der Waals surface area contributed by atoms with Crippen molar-refractivity contribution in [2.24, 2.45) is 5.73 Å². The summed E-state index contributed by atoms with van der Waals surface area (Å²) < 4.78 is 0. The molecule has 2 saturated heterocycles. The first-order chi connectivity index (χ1) is 9.66. The van der Waals surface area contributed by atoms with Gasteiger partial charge in [-0.2, -0.15) is 0 Å². The van der Waals surface area contributed by atoms with Crippen molar-refractivity contribution in [3.63, 3.8) is 0 Å². The number of rotatable bonds is 3. The molecule has 2 aliphatic heterocycles. The lowest BCUT2D eigenvalue weighted by Crippen LogP contribution is -2.61. The highest BCUT2D eigenvalue weighted by molar-refractivity contribution is 6.34. The third-order valence-electron chi connectivity index (χ3n) is 4.17. The summed E-state index contributed by atoms with van der Waals surface area (Å²) in [6.45, 7) is 6.00. The molecule has 3 N–H and O–H groups in total. The topological polar surface area (TPSA) is 61.6 Å². The molecule has 0 aromatic heterocycles. The maximum Gasteiger partial charge on any atom is 0.252 e. The molecule has 3 rings (SSSR count). The van der Waals surface area contributed by atoms with Crippen LogP contribution in [-0.4, -0.2) is 56.1 Å². The standard InChI is InChI=1S/C14H19ClN4O/c15-11-2-1-3-12(13(11)14(16)20)19-6-4-18(5-7-19)10-8-17-9-10/h1-3,10,17H,4-9H2,(H2,16,20). The van der Waals surface area contributed by atoms with Crippen molar-refractivity contribution >= 4 is 23.2 Å². The van der Waals surface area contributed by atoms with E-state index in [1.165, 1.54) is 0 Å². The third kappa shape index (κ3) is 2.49. The number of anilines is 1. The first-order valence-electron chi connectivity index (χ1n) is 6.95. The van der Waals surface area contributed by atoms with Crippen molar-refractivity contribution in [3.05, 3.63) is 28.8 Å². The minimum atomic E-state index is -0.462. The number of halogens is 1. The van der Waals surface area contributed by atoms with Crippen molar-refractivity contribution < 1.29 is 4.79 Å². The minimum Gasteiger partial charge on any atom is -0.368 e. The van der Waals surface area contributed by atoms with Crippen LogP contribution >= 0.6 is 11.6 Å². The summed E-state index contributed by atoms with van der Waals surface area (Å²) in [4.78, 5) is 16.3. The molecule has 1 aromatic carbocycles. The second-order valence-corrected chi connectivity index (χ2v) is 5.74. The highest BCUT2D eigenvalue weighted by atomic mass is 35.5. The molecule has 2 aliphatic rings. The Morgan fingerprint density at radius 3 is 2.50 bits per heavy atom. The van der Waals surface area contributed by atoms with Crippen LogP contribution in [0.1, 0.15) is 10.4 Å². The Hall–Kier alpha value is -1.30. The van der Waals surface area contributed by atoms with Gasteiger partial charge in [-0.15, -0.1) is 0 Å². The van der Waals surface area contributed by atoms with Crippen LogP contribution in [0.15, 0.2) is 18.2 Å². The quantitative estimate of drug-likeness (QED) is 0.854. The normalized spacial score (nSPS) is 20.8. The number of primary amides is 1. The predicted molar refractivity (Wildman–Crippen MR) is 80.4 cm³/mol. The summed E-state index contributed by atoms with van der Waals surface area (Å²) in [6, 6.07) is 6.17. The lowest BCUT2D eigenvalue weighted by atomic mass is 10.1. The third-order valence-corrected chi connectivity index (χ3v) is 4.48. The molecule has 2 heterocycles. The van der Waals surface area contributed by atoms with Gasteiger partial charge < -0.3 is 16.0 Å². The van der Waals surface area contributed by atoms with Crippen LogP contribution in [0.4, 0.5) is 5.69 Å². The first-order valence-corrected chi connectivity index (χ1v) is 7.32. The second-order valence-electron chi connectivity index (χ2n) is 5.33. The Bertz CT molecular complexity index is 510. The van der Waals surface area contributed by atoms with E-state index in [-0.39, 0.29) is 0 Å². The van der Waals surface area contributed by atoms with Crippen LogP contribution in [0.5, 0.6) is 0 Å². The largest absolute Gasteiger partial charge is 0.368 e. The minimum absolute atomic E-state index is 0.431. The maximum atomic E-state index is 11.6. The summed E-state index contributed by atoms with van der Waals surface area (Å²) >= 11 is 6.11. The Balaban J connectivity index is 1.74. The van der Waals surface area contributed by atoms with Crippen molar-refractivity contribution in [2.45, 2.75) is 6.04 Å². The van der Waals surface area contributed by atoms with Gasteiger partial charge in [0.2, 0.25) is 0 Å². The molecule has 0 radical (unpaired) electrons. The van der Waals surface area contributed by atoms with Crippen molar-refractivity contribution in [2.75, 3.05) is 44.2 Å². The summed E-state index contributed by atoms with van der Waals surface area (Å²) in [5.41, 5.74) is 6.76. The van der Waals surface area contributed by atoms with Crippen molar-refractivity contribution in [3.8, 4) is 0 Å². The number of nitrogens with zero attached hydrogens (tertiary/aromatic N) is 2. The SMILES string of the molecule is NC(=O)c1c(Cl)cccc1N1CCN(C2CNC2)CC1. The molecule has 20 heavy (non-hydrogen) atoms. The van der Waals surface area contributed by atoms with Crippen LogP contribution in [0.25, 0.3) is 0 Å². The zero-order chi connectivity index (χ0) is 14.1. The van der Waals surface area contributed by atoms with Gasteiger partial charge in [0.1, 0.15) is 0 Å². The first kappa shape index (κ1) is 13.7. The summed E-state index contributed by atoms with van der Waals surface area (Å²) in [7, 11) is 0. The maximum absolute atomic E-state index is 11.6. The van der Waals surface area contributed by atoms with E-state index in [1.807, 2.05) is 12.1 Å². The van der Waals surface area contributed by atoms with Gasteiger partial charge in [0.15, 0.2) is 0 Å². The Morgan fingerprint density at radius 1 is 1.25 bits per heavy atom. The number of hydrogen-bond donors (Lipinski definition) is 2. The van der Waals surface area contributed by atoms with Gasteiger partial charge in [-0.3, -0.25) is 9.69 Å². The number of hydrogen-bond acceptors (Lipinski definition) is 4. The number of amides is 1. The molecule has 6 heteroatoms. The molecule has 5 nitrogen and oxygen atoms in total. The fourth-order valence-electron chi connectivity index (χ4n) is 2.88. The Labute approximate surface area is 123 Å². The van der Waals surface area contributed by atoms with E-state index >= 15 is 0 Å². The molecule has 108 valence electrons. The molecule has 0 atom stereocenters. The van der Waals surface area contributed by atoms with E-state index in [2.05, 4.69) is 15.1 Å². The monoisotopic (exact) mass is 294 g/mol. The van der Waals surface area contributed by atoms with Crippen LogP contribution in [0, 0.1) is 0 Å². The van der Waals surface area contributed by atoms with Crippen LogP contribution < -0.4 is 16.0 Å². The molecule has 0 saturated carbocycles. The van der Waals surface area contributed by atoms with Gasteiger partial charge in [-0.05, 0) is 12.1 Å². The molecule has 1 amide bonds. The van der Waals surface area contributed by atoms with E-state index in [1.54, 1.807) is 6.07 Å². The Morgan fingerprint density at radius 2 is 1.95 bits per heavy atom. The molecule has 2 fully saturated rings. The van der Waals surface area contributed by atoms with Crippen LogP contribution in [0.3, 0.4) is 0 Å². The van der Waals surface area contributed by atoms with Gasteiger partial charge >= 0.3 is 0 Å². The summed E-state index contributed by atoms with van der Waals surface area (Å²) in [6.07, 6.45) is 0. The highest BCUT2D eigenvalue weighted by Crippen LogP contribution is 2.28. The fourth-order valence-corrected chi connectivity index (χ4v) is 3.14. The highest BCUT2D eigenvalue weighted by Gasteiger charge is 2.29. The summed E-state index contributed by atoms with van der Waals surface area (Å²) in [5.74, 6) is -0.462. The van der Waals surface area contributed by atoms with Gasteiger partial charge in [-0.1, -0.05) is 17.7 Å². The van der Waals surface area contributed by atoms with E-state index in [9.17, 15) is 4.79 Å². The predicted octanol–water partition coefficient (Wildman–Crippen LogP) is 0.533. The lowest BCUT2D eigenvalue weighted by molar-refractivity contribution is 0.1000. The molecular formula is C14H19ClN4O. The number of nitrogens with one attached hydrogen (secondary N) is 1. The zero-order valence-electron chi connectivity index (χ0n) is 11.3.